The summed E-state index contributed by atoms with van der Waals surface area (Å²) < 4.78 is 12.4. The number of carbonyl (C=O) groups is 3. The van der Waals surface area contributed by atoms with Crippen LogP contribution >= 0.6 is 0 Å². The molecule has 10 nitrogen and oxygen atoms in total. The molecule has 11 heteroatoms. The Labute approximate surface area is 275 Å². The van der Waals surface area contributed by atoms with Gasteiger partial charge in [0, 0.05) is 29.3 Å². The summed E-state index contributed by atoms with van der Waals surface area (Å²) in [5, 5.41) is 9.83. The van der Waals surface area contributed by atoms with Crippen LogP contribution in [0.15, 0.2) is 72.8 Å². The normalized spacial score (nSPS) is 27.0. The maximum atomic E-state index is 14.7. The monoisotopic (exact) mass is 655 g/mol. The first kappa shape index (κ1) is 31.6. The number of fused-ring (bicyclic) bond motifs is 3. The van der Waals surface area contributed by atoms with E-state index >= 15 is 0 Å². The quantitative estimate of drug-likeness (QED) is 0.361. The summed E-state index contributed by atoms with van der Waals surface area (Å²) in [7, 11) is -2.93. The van der Waals surface area contributed by atoms with Crippen molar-refractivity contribution < 1.29 is 33.8 Å². The lowest BCUT2D eigenvalue weighted by atomic mass is 9.82. The van der Waals surface area contributed by atoms with Gasteiger partial charge in [0.15, 0.2) is 20.5 Å². The second-order valence-corrected chi connectivity index (χ2v) is 17.7. The third-order valence-corrected chi connectivity index (χ3v) is 12.9. The van der Waals surface area contributed by atoms with Crippen molar-refractivity contribution in [2.45, 2.75) is 69.1 Å². The molecule has 0 aromatic heterocycles. The van der Waals surface area contributed by atoms with Gasteiger partial charge in [-0.15, -0.1) is 0 Å². The highest BCUT2D eigenvalue weighted by Gasteiger charge is 2.66. The molecule has 0 saturated carbocycles. The van der Waals surface area contributed by atoms with E-state index in [1.165, 1.54) is 0 Å². The number of para-hydroxylation sites is 3. The summed E-state index contributed by atoms with van der Waals surface area (Å²) in [6, 6.07) is 22.4. The maximum Gasteiger partial charge on any atom is 0.269 e. The number of anilines is 3. The fourth-order valence-corrected chi connectivity index (χ4v) is 10.9. The van der Waals surface area contributed by atoms with Crippen LogP contribution in [0.2, 0.25) is 18.6 Å². The Kier molecular flexibility index (Phi) is 7.98. The molecule has 3 aromatic rings. The highest BCUT2D eigenvalue weighted by Crippen LogP contribution is 2.59. The van der Waals surface area contributed by atoms with Gasteiger partial charge in [0.25, 0.3) is 11.8 Å². The molecule has 47 heavy (non-hydrogen) atoms. The Bertz CT molecular complexity index is 1710. The minimum Gasteiger partial charge on any atom is -0.482 e. The average molecular weight is 656 g/mol. The number of hydrogen-bond acceptors (Lipinski definition) is 7. The van der Waals surface area contributed by atoms with Gasteiger partial charge >= 0.3 is 0 Å². The van der Waals surface area contributed by atoms with Crippen molar-refractivity contribution in [3.63, 3.8) is 0 Å². The zero-order valence-corrected chi connectivity index (χ0v) is 28.0. The van der Waals surface area contributed by atoms with Crippen LogP contribution in [0.5, 0.6) is 5.75 Å². The zero-order valence-electron chi connectivity index (χ0n) is 27.0. The summed E-state index contributed by atoms with van der Waals surface area (Å²) in [5.41, 5.74) is 2.04. The number of likely N-dealkylation sites (tertiary alicyclic amines) is 1. The summed E-state index contributed by atoms with van der Waals surface area (Å²) >= 11 is 0. The first-order valence-corrected chi connectivity index (χ1v) is 19.4. The van der Waals surface area contributed by atoms with Gasteiger partial charge in [0.1, 0.15) is 5.75 Å². The van der Waals surface area contributed by atoms with E-state index in [0.717, 1.165) is 29.7 Å². The smallest absolute Gasteiger partial charge is 0.269 e. The molecule has 2 saturated heterocycles. The summed E-state index contributed by atoms with van der Waals surface area (Å²) in [6.45, 7) is 6.41. The third kappa shape index (κ3) is 5.16. The number of rotatable bonds is 7. The average Bonchev–Trinajstić information content (AvgIpc) is 3.72. The molecule has 1 spiro atoms. The maximum absolute atomic E-state index is 14.7. The predicted molar refractivity (Wildman–Crippen MR) is 179 cm³/mol. The standard InChI is InChI=1S/C36H41N3O7Si/c1-23-34(47(2,3)44)31(19-32(41)37-18-8-9-26(37)21-40)46-36(23)27-10-4-5-11-28(27)38(35(36)43)20-24-14-16-25(17-15-24)39-29-12-6-7-13-30(29)45-22-33(39)42/h4-7,10-17,23,26,31,34,40,44H,8-9,18-22H2,1-3H3/t23-,26-,31+,34-,36+/m0/s1. The first-order chi connectivity index (χ1) is 22.5. The van der Waals surface area contributed by atoms with E-state index in [1.54, 1.807) is 14.7 Å². The number of ether oxygens (including phenoxy) is 2. The number of hydrogen-bond donors (Lipinski definition) is 2. The Morgan fingerprint density at radius 1 is 1.00 bits per heavy atom. The van der Waals surface area contributed by atoms with Crippen LogP contribution in [0.4, 0.5) is 17.1 Å². The summed E-state index contributed by atoms with van der Waals surface area (Å²) in [4.78, 5) is 57.8. The second kappa shape index (κ2) is 11.9. The fraction of sp³-hybridized carbons (Fsp3) is 0.417. The van der Waals surface area contributed by atoms with Gasteiger partial charge in [-0.05, 0) is 61.8 Å². The molecule has 0 unspecified atom stereocenters. The van der Waals surface area contributed by atoms with Crippen LogP contribution in [0.25, 0.3) is 0 Å². The SMILES string of the molecule is C[C@H]1[C@H]([Si](C)(C)O)[C@@H](CC(=O)N2CCC[C@H]2CO)O[C@]12C(=O)N(Cc1ccc(N3C(=O)COc4ccccc43)cc1)c1ccccc12. The van der Waals surface area contributed by atoms with E-state index in [-0.39, 0.29) is 61.4 Å². The summed E-state index contributed by atoms with van der Waals surface area (Å²) in [6.07, 6.45) is 0.999. The lowest BCUT2D eigenvalue weighted by molar-refractivity contribution is -0.150. The van der Waals surface area contributed by atoms with Gasteiger partial charge in [-0.2, -0.15) is 0 Å². The lowest BCUT2D eigenvalue weighted by Gasteiger charge is -2.32. The Morgan fingerprint density at radius 3 is 2.43 bits per heavy atom. The van der Waals surface area contributed by atoms with E-state index in [0.29, 0.717) is 23.7 Å². The van der Waals surface area contributed by atoms with Crippen molar-refractivity contribution in [1.82, 2.24) is 4.90 Å². The van der Waals surface area contributed by atoms with Crippen LogP contribution in [-0.4, -0.2) is 72.7 Å². The molecule has 4 heterocycles. The Morgan fingerprint density at radius 2 is 1.70 bits per heavy atom. The van der Waals surface area contributed by atoms with E-state index in [1.807, 2.05) is 92.8 Å². The largest absolute Gasteiger partial charge is 0.482 e. The minimum absolute atomic E-state index is 0.0424. The van der Waals surface area contributed by atoms with Crippen molar-refractivity contribution in [2.24, 2.45) is 5.92 Å². The molecule has 246 valence electrons. The molecule has 3 amide bonds. The van der Waals surface area contributed by atoms with Crippen LogP contribution in [0.1, 0.15) is 37.3 Å². The number of carbonyl (C=O) groups excluding carboxylic acids is 3. The van der Waals surface area contributed by atoms with Crippen molar-refractivity contribution in [3.05, 3.63) is 83.9 Å². The van der Waals surface area contributed by atoms with E-state index in [2.05, 4.69) is 0 Å². The molecule has 0 aliphatic carbocycles. The fourth-order valence-electron chi connectivity index (χ4n) is 8.35. The van der Waals surface area contributed by atoms with Crippen LogP contribution in [0.3, 0.4) is 0 Å². The number of benzene rings is 3. The molecule has 7 rings (SSSR count). The van der Waals surface area contributed by atoms with Crippen LogP contribution in [0, 0.1) is 5.92 Å². The predicted octanol–water partition coefficient (Wildman–Crippen LogP) is 4.46. The molecule has 0 radical (unpaired) electrons. The highest BCUT2D eigenvalue weighted by atomic mass is 28.4. The molecular formula is C36H41N3O7Si. The van der Waals surface area contributed by atoms with Gasteiger partial charge in [-0.25, -0.2) is 0 Å². The molecule has 4 aliphatic rings. The van der Waals surface area contributed by atoms with Gasteiger partial charge in [-0.3, -0.25) is 19.3 Å². The third-order valence-electron chi connectivity index (χ3n) is 10.4. The van der Waals surface area contributed by atoms with Crippen molar-refractivity contribution >= 4 is 43.1 Å². The molecule has 4 aliphatic heterocycles. The summed E-state index contributed by atoms with van der Waals surface area (Å²) in [5.74, 6) is -0.222. The van der Waals surface area contributed by atoms with Gasteiger partial charge < -0.3 is 29.2 Å². The van der Waals surface area contributed by atoms with E-state index in [4.69, 9.17) is 9.47 Å². The van der Waals surface area contributed by atoms with E-state index < -0.39 is 20.0 Å². The number of amides is 3. The molecular weight excluding hydrogens is 614 g/mol. The number of aliphatic hydroxyl groups is 1. The van der Waals surface area contributed by atoms with Crippen LogP contribution in [-0.2, 0) is 31.3 Å². The molecule has 3 aromatic carbocycles. The van der Waals surface area contributed by atoms with Gasteiger partial charge in [0.05, 0.1) is 43.1 Å². The number of nitrogens with zero attached hydrogens (tertiary/aromatic N) is 3. The number of aliphatic hydroxyl groups excluding tert-OH is 1. The van der Waals surface area contributed by atoms with Crippen LogP contribution < -0.4 is 14.5 Å². The second-order valence-electron chi connectivity index (χ2n) is 13.7. The Balaban J connectivity index is 1.18. The van der Waals surface area contributed by atoms with E-state index in [9.17, 15) is 24.3 Å². The highest BCUT2D eigenvalue weighted by molar-refractivity contribution is 6.71. The topological polar surface area (TPSA) is 120 Å². The lowest BCUT2D eigenvalue weighted by Crippen LogP contribution is -2.46. The van der Waals surface area contributed by atoms with Gasteiger partial charge in [0.2, 0.25) is 5.91 Å². The first-order valence-electron chi connectivity index (χ1n) is 16.4. The van der Waals surface area contributed by atoms with Crippen molar-refractivity contribution in [1.29, 1.82) is 0 Å². The molecule has 2 fully saturated rings. The van der Waals surface area contributed by atoms with Crippen molar-refractivity contribution in [3.8, 4) is 5.75 Å². The van der Waals surface area contributed by atoms with Gasteiger partial charge in [-0.1, -0.05) is 49.4 Å². The minimum atomic E-state index is -2.93. The molecule has 2 N–H and O–H groups in total. The molecule has 0 bridgehead atoms. The molecule has 5 atom stereocenters. The Hall–Kier alpha value is -4.03. The zero-order chi connectivity index (χ0) is 33.1. The van der Waals surface area contributed by atoms with Crippen molar-refractivity contribution in [2.75, 3.05) is 29.6 Å².